The summed E-state index contributed by atoms with van der Waals surface area (Å²) >= 11 is 0. The normalized spacial score (nSPS) is 36.2. The maximum atomic E-state index is 11.4. The molecule has 3 N–H and O–H groups in total. The van der Waals surface area contributed by atoms with Gasteiger partial charge >= 0.3 is 5.97 Å². The van der Waals surface area contributed by atoms with E-state index in [-0.39, 0.29) is 6.54 Å². The van der Waals surface area contributed by atoms with E-state index in [0.717, 1.165) is 18.3 Å². The number of nitrogens with two attached hydrogens (primary N) is 1. The first-order chi connectivity index (χ1) is 7.61. The lowest BCUT2D eigenvalue weighted by molar-refractivity contribution is -0.150. The predicted molar refractivity (Wildman–Crippen MR) is 63.0 cm³/mol. The van der Waals surface area contributed by atoms with E-state index in [9.17, 15) is 9.90 Å². The summed E-state index contributed by atoms with van der Waals surface area (Å²) in [4.78, 5) is 11.4. The zero-order valence-electron chi connectivity index (χ0n) is 10.1. The summed E-state index contributed by atoms with van der Waals surface area (Å²) in [7, 11) is 0. The molecule has 0 spiro atoms. The van der Waals surface area contributed by atoms with Crippen LogP contribution in [0.25, 0.3) is 0 Å². The van der Waals surface area contributed by atoms with Crippen LogP contribution in [0.15, 0.2) is 0 Å². The average Bonchev–Trinajstić information content (AvgIpc) is 2.87. The number of hydrogen-bond acceptors (Lipinski definition) is 2. The Bertz CT molecular complexity index is 273. The molecule has 16 heavy (non-hydrogen) atoms. The van der Waals surface area contributed by atoms with Crippen molar-refractivity contribution in [3.05, 3.63) is 0 Å². The van der Waals surface area contributed by atoms with Crippen LogP contribution in [0, 0.1) is 23.2 Å². The van der Waals surface area contributed by atoms with Crippen molar-refractivity contribution in [2.75, 3.05) is 6.54 Å². The van der Waals surface area contributed by atoms with E-state index in [2.05, 4.69) is 0 Å². The molecular formula is C13H23NO2. The fourth-order valence-electron chi connectivity index (χ4n) is 3.83. The van der Waals surface area contributed by atoms with Crippen molar-refractivity contribution in [3.63, 3.8) is 0 Å². The molecule has 0 saturated heterocycles. The Labute approximate surface area is 97.4 Å². The summed E-state index contributed by atoms with van der Waals surface area (Å²) in [5.41, 5.74) is 5.06. The van der Waals surface area contributed by atoms with Gasteiger partial charge in [0.15, 0.2) is 0 Å². The molecule has 4 atom stereocenters. The fraction of sp³-hybridized carbons (Fsp3) is 0.923. The molecule has 0 aromatic rings. The summed E-state index contributed by atoms with van der Waals surface area (Å²) < 4.78 is 0. The maximum absolute atomic E-state index is 11.4. The first-order valence-electron chi connectivity index (χ1n) is 6.54. The van der Waals surface area contributed by atoms with Crippen molar-refractivity contribution >= 4 is 5.97 Å². The largest absolute Gasteiger partial charge is 0.481 e. The van der Waals surface area contributed by atoms with Crippen LogP contribution in [0.1, 0.15) is 45.4 Å². The Morgan fingerprint density at radius 1 is 1.44 bits per heavy atom. The highest BCUT2D eigenvalue weighted by Gasteiger charge is 2.45. The van der Waals surface area contributed by atoms with Gasteiger partial charge in [-0.25, -0.2) is 0 Å². The molecule has 2 aliphatic carbocycles. The van der Waals surface area contributed by atoms with Crippen LogP contribution in [0.5, 0.6) is 0 Å². The molecule has 2 bridgehead atoms. The van der Waals surface area contributed by atoms with E-state index in [1.807, 2.05) is 6.92 Å². The number of hydrogen-bond donors (Lipinski definition) is 2. The fourth-order valence-corrected chi connectivity index (χ4v) is 3.83. The molecule has 3 heteroatoms. The van der Waals surface area contributed by atoms with E-state index in [4.69, 9.17) is 5.73 Å². The van der Waals surface area contributed by atoms with Crippen molar-refractivity contribution in [1.82, 2.24) is 0 Å². The van der Waals surface area contributed by atoms with Gasteiger partial charge in [-0.3, -0.25) is 4.79 Å². The summed E-state index contributed by atoms with van der Waals surface area (Å²) in [6.45, 7) is 2.24. The minimum absolute atomic E-state index is 0.284. The number of carboxylic acids is 1. The Balaban J connectivity index is 2.03. The lowest BCUT2D eigenvalue weighted by Crippen LogP contribution is -2.40. The lowest BCUT2D eigenvalue weighted by atomic mass is 9.72. The van der Waals surface area contributed by atoms with Gasteiger partial charge in [0.05, 0.1) is 5.41 Å². The molecule has 2 fully saturated rings. The molecule has 0 heterocycles. The Morgan fingerprint density at radius 2 is 2.19 bits per heavy atom. The minimum Gasteiger partial charge on any atom is -0.481 e. The van der Waals surface area contributed by atoms with Crippen molar-refractivity contribution in [1.29, 1.82) is 0 Å². The standard InChI is InChI=1S/C13H23NO2/c1-2-13(8-14,12(15)16)7-11-6-9-3-4-10(11)5-9/h9-11H,2-8,14H2,1H3,(H,15,16). The highest BCUT2D eigenvalue weighted by atomic mass is 16.4. The molecule has 0 radical (unpaired) electrons. The molecule has 2 saturated carbocycles. The van der Waals surface area contributed by atoms with E-state index in [1.54, 1.807) is 0 Å². The summed E-state index contributed by atoms with van der Waals surface area (Å²) in [6.07, 6.45) is 6.74. The topological polar surface area (TPSA) is 63.3 Å². The van der Waals surface area contributed by atoms with Crippen LogP contribution >= 0.6 is 0 Å². The second-order valence-corrected chi connectivity index (χ2v) is 5.78. The molecule has 0 amide bonds. The third kappa shape index (κ3) is 1.86. The molecular weight excluding hydrogens is 202 g/mol. The molecule has 4 unspecified atom stereocenters. The number of fused-ring (bicyclic) bond motifs is 2. The molecule has 3 nitrogen and oxygen atoms in total. The molecule has 92 valence electrons. The van der Waals surface area contributed by atoms with Gasteiger partial charge in [-0.05, 0) is 49.9 Å². The van der Waals surface area contributed by atoms with Gasteiger partial charge in [-0.1, -0.05) is 13.3 Å². The second kappa shape index (κ2) is 4.36. The molecule has 0 aromatic carbocycles. The van der Waals surface area contributed by atoms with Crippen LogP contribution in [0.3, 0.4) is 0 Å². The van der Waals surface area contributed by atoms with Crippen molar-refractivity contribution in [2.45, 2.75) is 45.4 Å². The molecule has 0 aliphatic heterocycles. The highest BCUT2D eigenvalue weighted by molar-refractivity contribution is 5.74. The van der Waals surface area contributed by atoms with Gasteiger partial charge in [0.1, 0.15) is 0 Å². The van der Waals surface area contributed by atoms with Gasteiger partial charge < -0.3 is 10.8 Å². The maximum Gasteiger partial charge on any atom is 0.310 e. The smallest absolute Gasteiger partial charge is 0.310 e. The van der Waals surface area contributed by atoms with Gasteiger partial charge in [0.25, 0.3) is 0 Å². The van der Waals surface area contributed by atoms with Gasteiger partial charge in [0.2, 0.25) is 0 Å². The first kappa shape index (κ1) is 11.9. The molecule has 2 rings (SSSR count). The summed E-state index contributed by atoms with van der Waals surface area (Å²) in [5, 5.41) is 9.37. The number of aliphatic carboxylic acids is 1. The highest BCUT2D eigenvalue weighted by Crippen LogP contribution is 2.52. The molecule has 2 aliphatic rings. The number of carbonyl (C=O) groups is 1. The summed E-state index contributed by atoms with van der Waals surface area (Å²) in [5.74, 6) is 1.61. The van der Waals surface area contributed by atoms with Crippen LogP contribution in [-0.4, -0.2) is 17.6 Å². The van der Waals surface area contributed by atoms with E-state index in [0.29, 0.717) is 12.3 Å². The lowest BCUT2D eigenvalue weighted by Gasteiger charge is -2.33. The van der Waals surface area contributed by atoms with Crippen LogP contribution in [0.4, 0.5) is 0 Å². The number of carboxylic acid groups (broad SMARTS) is 1. The zero-order chi connectivity index (χ0) is 11.8. The second-order valence-electron chi connectivity index (χ2n) is 5.78. The SMILES string of the molecule is CCC(CN)(CC1CC2CCC1C2)C(=O)O. The van der Waals surface area contributed by atoms with E-state index in [1.165, 1.54) is 25.7 Å². The molecule has 0 aromatic heterocycles. The first-order valence-corrected chi connectivity index (χ1v) is 6.54. The van der Waals surface area contributed by atoms with Gasteiger partial charge in [-0.15, -0.1) is 0 Å². The minimum atomic E-state index is -0.694. The quantitative estimate of drug-likeness (QED) is 0.754. The van der Waals surface area contributed by atoms with Crippen molar-refractivity contribution in [2.24, 2.45) is 28.9 Å². The Kier molecular flexibility index (Phi) is 3.24. The Morgan fingerprint density at radius 3 is 2.56 bits per heavy atom. The van der Waals surface area contributed by atoms with Gasteiger partial charge in [-0.2, -0.15) is 0 Å². The van der Waals surface area contributed by atoms with Crippen molar-refractivity contribution in [3.8, 4) is 0 Å². The average molecular weight is 225 g/mol. The summed E-state index contributed by atoms with van der Waals surface area (Å²) in [6, 6.07) is 0. The van der Waals surface area contributed by atoms with Crippen LogP contribution < -0.4 is 5.73 Å². The zero-order valence-corrected chi connectivity index (χ0v) is 10.1. The van der Waals surface area contributed by atoms with E-state index >= 15 is 0 Å². The third-order valence-electron chi connectivity index (χ3n) is 5.06. The van der Waals surface area contributed by atoms with Crippen LogP contribution in [-0.2, 0) is 4.79 Å². The Hall–Kier alpha value is -0.570. The predicted octanol–water partition coefficient (Wildman–Crippen LogP) is 2.25. The van der Waals surface area contributed by atoms with Crippen molar-refractivity contribution < 1.29 is 9.90 Å². The monoisotopic (exact) mass is 225 g/mol. The van der Waals surface area contributed by atoms with Crippen LogP contribution in [0.2, 0.25) is 0 Å². The van der Waals surface area contributed by atoms with Gasteiger partial charge in [0, 0.05) is 6.54 Å². The van der Waals surface area contributed by atoms with E-state index < -0.39 is 11.4 Å². The number of rotatable bonds is 5. The third-order valence-corrected chi connectivity index (χ3v) is 5.06.